The van der Waals surface area contributed by atoms with E-state index in [4.69, 9.17) is 5.73 Å². The van der Waals surface area contributed by atoms with Crippen molar-refractivity contribution in [3.8, 4) is 0 Å². The summed E-state index contributed by atoms with van der Waals surface area (Å²) in [4.78, 5) is 13.4. The zero-order valence-electron chi connectivity index (χ0n) is 8.09. The van der Waals surface area contributed by atoms with E-state index in [9.17, 15) is 4.79 Å². The SMILES string of the molecule is C=C(CN)CN1CCCCCC1=O. The molecule has 0 aliphatic carbocycles. The zero-order valence-corrected chi connectivity index (χ0v) is 8.09. The lowest BCUT2D eigenvalue weighted by molar-refractivity contribution is -0.130. The van der Waals surface area contributed by atoms with E-state index in [1.54, 1.807) is 0 Å². The summed E-state index contributed by atoms with van der Waals surface area (Å²) in [6.07, 6.45) is 4.00. The first-order chi connectivity index (χ1) is 6.24. The van der Waals surface area contributed by atoms with Crippen LogP contribution >= 0.6 is 0 Å². The third-order valence-electron chi connectivity index (χ3n) is 2.37. The van der Waals surface area contributed by atoms with Crippen LogP contribution < -0.4 is 5.73 Å². The van der Waals surface area contributed by atoms with Gasteiger partial charge >= 0.3 is 0 Å². The second kappa shape index (κ2) is 5.02. The molecule has 1 amide bonds. The van der Waals surface area contributed by atoms with Gasteiger partial charge in [-0.3, -0.25) is 4.79 Å². The van der Waals surface area contributed by atoms with Crippen molar-refractivity contribution in [3.05, 3.63) is 12.2 Å². The maximum absolute atomic E-state index is 11.5. The molecule has 0 spiro atoms. The van der Waals surface area contributed by atoms with Crippen molar-refractivity contribution in [3.63, 3.8) is 0 Å². The number of amides is 1. The van der Waals surface area contributed by atoms with Crippen molar-refractivity contribution >= 4 is 5.91 Å². The van der Waals surface area contributed by atoms with Gasteiger partial charge < -0.3 is 10.6 Å². The minimum atomic E-state index is 0.257. The van der Waals surface area contributed by atoms with Crippen molar-refractivity contribution in [1.29, 1.82) is 0 Å². The van der Waals surface area contributed by atoms with Crippen LogP contribution in [0.5, 0.6) is 0 Å². The molecule has 1 saturated heterocycles. The van der Waals surface area contributed by atoms with E-state index in [0.29, 0.717) is 19.5 Å². The van der Waals surface area contributed by atoms with Gasteiger partial charge in [-0.15, -0.1) is 0 Å². The van der Waals surface area contributed by atoms with Crippen molar-refractivity contribution < 1.29 is 4.79 Å². The Bertz CT molecular complexity index is 201. The largest absolute Gasteiger partial charge is 0.339 e. The van der Waals surface area contributed by atoms with E-state index in [1.807, 2.05) is 4.90 Å². The molecule has 0 saturated carbocycles. The molecule has 74 valence electrons. The first kappa shape index (κ1) is 10.3. The summed E-state index contributed by atoms with van der Waals surface area (Å²) in [5, 5.41) is 0. The highest BCUT2D eigenvalue weighted by atomic mass is 16.2. The van der Waals surface area contributed by atoms with Crippen LogP contribution in [0, 0.1) is 0 Å². The van der Waals surface area contributed by atoms with E-state index in [1.165, 1.54) is 0 Å². The minimum Gasteiger partial charge on any atom is -0.339 e. The van der Waals surface area contributed by atoms with Gasteiger partial charge in [0.25, 0.3) is 0 Å². The fourth-order valence-corrected chi connectivity index (χ4v) is 1.54. The first-order valence-corrected chi connectivity index (χ1v) is 4.88. The van der Waals surface area contributed by atoms with Crippen LogP contribution in [-0.4, -0.2) is 30.4 Å². The number of hydrogen-bond acceptors (Lipinski definition) is 2. The number of nitrogens with two attached hydrogens (primary N) is 1. The molecule has 0 radical (unpaired) electrons. The van der Waals surface area contributed by atoms with Crippen LogP contribution in [0.1, 0.15) is 25.7 Å². The van der Waals surface area contributed by atoms with Gasteiger partial charge in [0.2, 0.25) is 5.91 Å². The fourth-order valence-electron chi connectivity index (χ4n) is 1.54. The van der Waals surface area contributed by atoms with E-state index in [-0.39, 0.29) is 5.91 Å². The lowest BCUT2D eigenvalue weighted by atomic mass is 10.2. The van der Waals surface area contributed by atoms with Crippen LogP contribution in [0.15, 0.2) is 12.2 Å². The van der Waals surface area contributed by atoms with E-state index >= 15 is 0 Å². The van der Waals surface area contributed by atoms with E-state index in [0.717, 1.165) is 31.4 Å². The molecule has 0 aromatic rings. The summed E-state index contributed by atoms with van der Waals surface area (Å²) in [5.41, 5.74) is 6.38. The van der Waals surface area contributed by atoms with Crippen molar-refractivity contribution in [2.45, 2.75) is 25.7 Å². The van der Waals surface area contributed by atoms with Gasteiger partial charge in [0.1, 0.15) is 0 Å². The molecule has 1 fully saturated rings. The molecule has 3 heteroatoms. The van der Waals surface area contributed by atoms with Crippen molar-refractivity contribution in [1.82, 2.24) is 4.90 Å². The minimum absolute atomic E-state index is 0.257. The normalized spacial score (nSPS) is 18.5. The summed E-state index contributed by atoms with van der Waals surface area (Å²) in [6, 6.07) is 0. The average molecular weight is 182 g/mol. The smallest absolute Gasteiger partial charge is 0.222 e. The van der Waals surface area contributed by atoms with Gasteiger partial charge in [0.05, 0.1) is 0 Å². The van der Waals surface area contributed by atoms with Crippen LogP contribution in [-0.2, 0) is 4.79 Å². The number of carbonyl (C=O) groups excluding carboxylic acids is 1. The van der Waals surface area contributed by atoms with Gasteiger partial charge in [-0.1, -0.05) is 13.0 Å². The fraction of sp³-hybridized carbons (Fsp3) is 0.700. The first-order valence-electron chi connectivity index (χ1n) is 4.88. The van der Waals surface area contributed by atoms with Gasteiger partial charge in [0, 0.05) is 26.1 Å². The number of carbonyl (C=O) groups is 1. The van der Waals surface area contributed by atoms with Gasteiger partial charge in [-0.2, -0.15) is 0 Å². The third-order valence-corrected chi connectivity index (χ3v) is 2.37. The number of rotatable bonds is 3. The molecular weight excluding hydrogens is 164 g/mol. The lowest BCUT2D eigenvalue weighted by Gasteiger charge is -2.20. The Labute approximate surface area is 79.6 Å². The lowest BCUT2D eigenvalue weighted by Crippen LogP contribution is -2.33. The Balaban J connectivity index is 2.45. The summed E-state index contributed by atoms with van der Waals surface area (Å²) >= 11 is 0. The highest BCUT2D eigenvalue weighted by molar-refractivity contribution is 5.76. The Kier molecular flexibility index (Phi) is 3.96. The molecule has 1 aliphatic rings. The maximum atomic E-state index is 11.5. The quantitative estimate of drug-likeness (QED) is 0.659. The number of nitrogens with zero attached hydrogens (tertiary/aromatic N) is 1. The van der Waals surface area contributed by atoms with Crippen LogP contribution in [0.25, 0.3) is 0 Å². The van der Waals surface area contributed by atoms with Crippen molar-refractivity contribution in [2.24, 2.45) is 5.73 Å². The van der Waals surface area contributed by atoms with E-state index in [2.05, 4.69) is 6.58 Å². The topological polar surface area (TPSA) is 46.3 Å². The molecule has 0 bridgehead atoms. The van der Waals surface area contributed by atoms with Crippen LogP contribution in [0.4, 0.5) is 0 Å². The molecule has 0 unspecified atom stereocenters. The molecule has 13 heavy (non-hydrogen) atoms. The Hall–Kier alpha value is -0.830. The van der Waals surface area contributed by atoms with Gasteiger partial charge in [-0.25, -0.2) is 0 Å². The standard InChI is InChI=1S/C10H18N2O/c1-9(7-11)8-12-6-4-2-3-5-10(12)13/h1-8,11H2. The summed E-state index contributed by atoms with van der Waals surface area (Å²) in [5.74, 6) is 0.257. The maximum Gasteiger partial charge on any atom is 0.222 e. The van der Waals surface area contributed by atoms with Gasteiger partial charge in [0.15, 0.2) is 0 Å². The van der Waals surface area contributed by atoms with E-state index < -0.39 is 0 Å². The van der Waals surface area contributed by atoms with Crippen molar-refractivity contribution in [2.75, 3.05) is 19.6 Å². The third kappa shape index (κ3) is 3.19. The molecular formula is C10H18N2O. The van der Waals surface area contributed by atoms with Gasteiger partial charge in [-0.05, 0) is 18.4 Å². The highest BCUT2D eigenvalue weighted by Crippen LogP contribution is 2.11. The molecule has 2 N–H and O–H groups in total. The highest BCUT2D eigenvalue weighted by Gasteiger charge is 2.16. The predicted octanol–water partition coefficient (Wildman–Crippen LogP) is 0.904. The zero-order chi connectivity index (χ0) is 9.68. The second-order valence-corrected chi connectivity index (χ2v) is 3.58. The molecule has 1 rings (SSSR count). The molecule has 1 heterocycles. The summed E-state index contributed by atoms with van der Waals surface area (Å²) < 4.78 is 0. The summed E-state index contributed by atoms with van der Waals surface area (Å²) in [7, 11) is 0. The molecule has 0 aromatic heterocycles. The van der Waals surface area contributed by atoms with Crippen LogP contribution in [0.2, 0.25) is 0 Å². The molecule has 0 aromatic carbocycles. The number of hydrogen-bond donors (Lipinski definition) is 1. The predicted molar refractivity (Wildman–Crippen MR) is 53.2 cm³/mol. The molecule has 3 nitrogen and oxygen atoms in total. The monoisotopic (exact) mass is 182 g/mol. The second-order valence-electron chi connectivity index (χ2n) is 3.58. The average Bonchev–Trinajstić information content (AvgIpc) is 2.32. The molecule has 1 aliphatic heterocycles. The van der Waals surface area contributed by atoms with Crippen LogP contribution in [0.3, 0.4) is 0 Å². The Morgan fingerprint density at radius 3 is 2.92 bits per heavy atom. The molecule has 0 atom stereocenters. The summed E-state index contributed by atoms with van der Waals surface area (Å²) in [6.45, 7) is 5.81. The Morgan fingerprint density at radius 1 is 1.46 bits per heavy atom. The Morgan fingerprint density at radius 2 is 2.23 bits per heavy atom. The number of likely N-dealkylation sites (tertiary alicyclic amines) is 1.